The van der Waals surface area contributed by atoms with E-state index in [0.717, 1.165) is 38.5 Å². The van der Waals surface area contributed by atoms with Gasteiger partial charge in [0, 0.05) is 6.42 Å². The maximum atomic E-state index is 11.8. The minimum Gasteiger partial charge on any atom is -0.461 e. The molecule has 0 aromatic heterocycles. The van der Waals surface area contributed by atoms with E-state index in [-0.39, 0.29) is 5.97 Å². The highest BCUT2D eigenvalue weighted by molar-refractivity contribution is 7.85. The molecule has 5 nitrogen and oxygen atoms in total. The largest absolute Gasteiger partial charge is 0.461 e. The monoisotopic (exact) mass is 420 g/mol. The number of carbonyl (C=O) groups is 1. The summed E-state index contributed by atoms with van der Waals surface area (Å²) in [6.45, 7) is 4.29. The molecule has 0 spiro atoms. The zero-order valence-corrected chi connectivity index (χ0v) is 19.1. The van der Waals surface area contributed by atoms with Gasteiger partial charge in [0.2, 0.25) is 0 Å². The lowest BCUT2D eigenvalue weighted by atomic mass is 10.0. The Hall–Kier alpha value is -0.620. The molecule has 0 rings (SSSR count). The first kappa shape index (κ1) is 27.4. The third-order valence-corrected chi connectivity index (χ3v) is 5.85. The molecule has 1 atom stereocenters. The fourth-order valence-corrected chi connectivity index (χ4v) is 4.09. The third-order valence-electron chi connectivity index (χ3n) is 5.06. The first-order valence-electron chi connectivity index (χ1n) is 11.5. The SMILES string of the molecule is CCCCCCCCCCCCCCC(CS(=O)(=O)O)OC(=O)CCCCC. The minimum absolute atomic E-state index is 0.314. The second kappa shape index (κ2) is 18.4. The van der Waals surface area contributed by atoms with Gasteiger partial charge in [0.25, 0.3) is 10.1 Å². The molecule has 0 saturated heterocycles. The molecule has 0 heterocycles. The summed E-state index contributed by atoms with van der Waals surface area (Å²) >= 11 is 0. The second-order valence-electron chi connectivity index (χ2n) is 8.00. The average molecular weight is 421 g/mol. The van der Waals surface area contributed by atoms with Gasteiger partial charge in [0.15, 0.2) is 0 Å². The predicted molar refractivity (Wildman–Crippen MR) is 116 cm³/mol. The molecule has 0 aliphatic carbocycles. The first-order valence-corrected chi connectivity index (χ1v) is 13.1. The molecule has 0 bridgehead atoms. The molecule has 1 N–H and O–H groups in total. The summed E-state index contributed by atoms with van der Waals surface area (Å²) in [5.74, 6) is -0.856. The van der Waals surface area contributed by atoms with E-state index in [1.807, 2.05) is 0 Å². The summed E-state index contributed by atoms with van der Waals surface area (Å²) in [6.07, 6.45) is 17.6. The summed E-state index contributed by atoms with van der Waals surface area (Å²) in [5, 5.41) is 0. The number of esters is 1. The number of carbonyl (C=O) groups excluding carboxylic acids is 1. The van der Waals surface area contributed by atoms with Gasteiger partial charge in [-0.3, -0.25) is 9.35 Å². The van der Waals surface area contributed by atoms with Gasteiger partial charge in [-0.2, -0.15) is 8.42 Å². The van der Waals surface area contributed by atoms with Crippen LogP contribution < -0.4 is 0 Å². The van der Waals surface area contributed by atoms with Gasteiger partial charge in [-0.05, 0) is 19.3 Å². The molecule has 1 unspecified atom stereocenters. The number of rotatable bonds is 20. The zero-order valence-electron chi connectivity index (χ0n) is 18.3. The third kappa shape index (κ3) is 20.1. The normalized spacial score (nSPS) is 12.8. The standard InChI is InChI=1S/C22H44O5S/c1-3-5-7-8-9-10-11-12-13-14-15-17-18-21(20-28(24,25)26)27-22(23)19-16-6-4-2/h21H,3-20H2,1-2H3,(H,24,25,26). The Bertz CT molecular complexity index is 462. The quantitative estimate of drug-likeness (QED) is 0.139. The molecule has 0 aliphatic rings. The van der Waals surface area contributed by atoms with Crippen LogP contribution in [-0.2, 0) is 19.6 Å². The molecule has 168 valence electrons. The Kier molecular flexibility index (Phi) is 18.0. The Morgan fingerprint density at radius 3 is 1.64 bits per heavy atom. The molecule has 0 aliphatic heterocycles. The maximum absolute atomic E-state index is 11.8. The number of hydrogen-bond donors (Lipinski definition) is 1. The van der Waals surface area contributed by atoms with E-state index in [1.54, 1.807) is 0 Å². The van der Waals surface area contributed by atoms with Crippen molar-refractivity contribution in [3.8, 4) is 0 Å². The van der Waals surface area contributed by atoms with Crippen LogP contribution in [0.15, 0.2) is 0 Å². The van der Waals surface area contributed by atoms with Crippen LogP contribution in [0.2, 0.25) is 0 Å². The summed E-state index contributed by atoms with van der Waals surface area (Å²) in [7, 11) is -4.14. The van der Waals surface area contributed by atoms with E-state index in [1.165, 1.54) is 57.8 Å². The molecule has 6 heteroatoms. The van der Waals surface area contributed by atoms with E-state index in [9.17, 15) is 13.2 Å². The van der Waals surface area contributed by atoms with Crippen molar-refractivity contribution in [3.05, 3.63) is 0 Å². The Morgan fingerprint density at radius 2 is 1.18 bits per heavy atom. The van der Waals surface area contributed by atoms with Gasteiger partial charge in [0.05, 0.1) is 0 Å². The molecule has 0 saturated carbocycles. The molecule has 0 radical (unpaired) electrons. The average Bonchev–Trinajstić information content (AvgIpc) is 2.61. The number of ether oxygens (including phenoxy) is 1. The van der Waals surface area contributed by atoms with Crippen molar-refractivity contribution in [2.45, 2.75) is 129 Å². The number of hydrogen-bond acceptors (Lipinski definition) is 4. The van der Waals surface area contributed by atoms with Crippen LogP contribution >= 0.6 is 0 Å². The summed E-state index contributed by atoms with van der Waals surface area (Å²) in [6, 6.07) is 0. The lowest BCUT2D eigenvalue weighted by molar-refractivity contribution is -0.148. The fraction of sp³-hybridized carbons (Fsp3) is 0.955. The van der Waals surface area contributed by atoms with Crippen LogP contribution in [0, 0.1) is 0 Å². The Morgan fingerprint density at radius 1 is 0.750 bits per heavy atom. The van der Waals surface area contributed by atoms with Crippen LogP contribution in [0.3, 0.4) is 0 Å². The van der Waals surface area contributed by atoms with Gasteiger partial charge in [-0.1, -0.05) is 97.3 Å². The van der Waals surface area contributed by atoms with Gasteiger partial charge < -0.3 is 4.74 Å². The summed E-state index contributed by atoms with van der Waals surface area (Å²) < 4.78 is 36.7. The molecule has 0 aromatic rings. The maximum Gasteiger partial charge on any atom is 0.306 e. The topological polar surface area (TPSA) is 80.7 Å². The van der Waals surface area contributed by atoms with Gasteiger partial charge >= 0.3 is 5.97 Å². The molecule has 0 aromatic carbocycles. The van der Waals surface area contributed by atoms with Crippen molar-refractivity contribution in [1.82, 2.24) is 0 Å². The number of unbranched alkanes of at least 4 members (excludes halogenated alkanes) is 13. The minimum atomic E-state index is -4.14. The first-order chi connectivity index (χ1) is 13.4. The lowest BCUT2D eigenvalue weighted by Gasteiger charge is -2.16. The van der Waals surface area contributed by atoms with Crippen molar-refractivity contribution in [2.75, 3.05) is 5.75 Å². The smallest absolute Gasteiger partial charge is 0.306 e. The van der Waals surface area contributed by atoms with Crippen molar-refractivity contribution in [3.63, 3.8) is 0 Å². The fourth-order valence-electron chi connectivity index (χ4n) is 3.39. The van der Waals surface area contributed by atoms with Crippen LogP contribution in [0.1, 0.15) is 123 Å². The van der Waals surface area contributed by atoms with Crippen molar-refractivity contribution in [1.29, 1.82) is 0 Å². The molecule has 0 fully saturated rings. The second-order valence-corrected chi connectivity index (χ2v) is 9.49. The molecule has 28 heavy (non-hydrogen) atoms. The van der Waals surface area contributed by atoms with Crippen molar-refractivity contribution in [2.24, 2.45) is 0 Å². The van der Waals surface area contributed by atoms with Crippen LogP contribution in [0.5, 0.6) is 0 Å². The Labute approximate surface area is 173 Å². The highest BCUT2D eigenvalue weighted by Gasteiger charge is 2.20. The van der Waals surface area contributed by atoms with E-state index < -0.39 is 22.0 Å². The van der Waals surface area contributed by atoms with E-state index in [0.29, 0.717) is 12.8 Å². The van der Waals surface area contributed by atoms with Gasteiger partial charge in [0.1, 0.15) is 11.9 Å². The lowest BCUT2D eigenvalue weighted by Crippen LogP contribution is -2.26. The molecular weight excluding hydrogens is 376 g/mol. The summed E-state index contributed by atoms with van der Waals surface area (Å²) in [5.41, 5.74) is 0. The highest BCUT2D eigenvalue weighted by Crippen LogP contribution is 2.15. The summed E-state index contributed by atoms with van der Waals surface area (Å²) in [4.78, 5) is 11.8. The van der Waals surface area contributed by atoms with Crippen LogP contribution in [0.25, 0.3) is 0 Å². The highest BCUT2D eigenvalue weighted by atomic mass is 32.2. The van der Waals surface area contributed by atoms with E-state index in [4.69, 9.17) is 9.29 Å². The molecule has 0 amide bonds. The van der Waals surface area contributed by atoms with Gasteiger partial charge in [-0.25, -0.2) is 0 Å². The molecular formula is C22H44O5S. The van der Waals surface area contributed by atoms with Crippen molar-refractivity contribution < 1.29 is 22.5 Å². The van der Waals surface area contributed by atoms with Crippen LogP contribution in [0.4, 0.5) is 0 Å². The van der Waals surface area contributed by atoms with E-state index in [2.05, 4.69) is 13.8 Å². The van der Waals surface area contributed by atoms with E-state index >= 15 is 0 Å². The van der Waals surface area contributed by atoms with Crippen molar-refractivity contribution >= 4 is 16.1 Å². The van der Waals surface area contributed by atoms with Crippen LogP contribution in [-0.4, -0.2) is 30.8 Å². The van der Waals surface area contributed by atoms with Gasteiger partial charge in [-0.15, -0.1) is 0 Å². The Balaban J connectivity index is 3.82. The predicted octanol–water partition coefficient (Wildman–Crippen LogP) is 6.46. The zero-order chi connectivity index (χ0) is 21.1.